The van der Waals surface area contributed by atoms with E-state index in [9.17, 15) is 9.18 Å². The number of carbonyl (C=O) groups is 1. The zero-order valence-electron chi connectivity index (χ0n) is 16.6. The van der Waals surface area contributed by atoms with Gasteiger partial charge in [-0.05, 0) is 56.3 Å². The summed E-state index contributed by atoms with van der Waals surface area (Å²) in [5.74, 6) is -0.293. The molecule has 2 rings (SSSR count). The van der Waals surface area contributed by atoms with Crippen LogP contribution in [0, 0.1) is 31.0 Å². The topological polar surface area (TPSA) is 56.6 Å². The molecule has 0 radical (unpaired) electrons. The maximum Gasteiger partial charge on any atom is 0.241 e. The van der Waals surface area contributed by atoms with Gasteiger partial charge >= 0.3 is 0 Å². The highest BCUT2D eigenvalue weighted by atomic mass is 19.1. The van der Waals surface area contributed by atoms with Crippen LogP contribution < -0.4 is 9.64 Å². The van der Waals surface area contributed by atoms with E-state index in [1.807, 2.05) is 44.0 Å². The summed E-state index contributed by atoms with van der Waals surface area (Å²) in [6.45, 7) is 5.28. The molecule has 0 unspecified atom stereocenters. The lowest BCUT2D eigenvalue weighted by Gasteiger charge is -2.25. The Labute approximate surface area is 165 Å². The van der Waals surface area contributed by atoms with Gasteiger partial charge in [0.1, 0.15) is 6.61 Å². The van der Waals surface area contributed by atoms with E-state index in [-0.39, 0.29) is 31.2 Å². The summed E-state index contributed by atoms with van der Waals surface area (Å²) in [6, 6.07) is 14.2. The van der Waals surface area contributed by atoms with Gasteiger partial charge in [-0.2, -0.15) is 5.26 Å². The van der Waals surface area contributed by atoms with E-state index < -0.39 is 5.82 Å². The molecular weight excluding hydrogens is 357 g/mol. The molecule has 6 heteroatoms. The van der Waals surface area contributed by atoms with Crippen LogP contribution in [-0.2, 0) is 4.79 Å². The first kappa shape index (κ1) is 21.4. The number of para-hydroxylation sites is 1. The Balaban J connectivity index is 1.95. The normalized spacial score (nSPS) is 10.6. The SMILES string of the molecule is Cc1ccc(N(CCC#N)C(=O)CN(C)CCOc2ccccc2F)cc1C. The Morgan fingerprint density at radius 3 is 2.57 bits per heavy atom. The van der Waals surface area contributed by atoms with E-state index in [1.165, 1.54) is 6.07 Å². The molecule has 0 aliphatic rings. The van der Waals surface area contributed by atoms with Crippen LogP contribution in [0.2, 0.25) is 0 Å². The number of ether oxygens (including phenoxy) is 1. The van der Waals surface area contributed by atoms with Crippen molar-refractivity contribution in [3.63, 3.8) is 0 Å². The van der Waals surface area contributed by atoms with Gasteiger partial charge in [-0.1, -0.05) is 18.2 Å². The van der Waals surface area contributed by atoms with Crippen molar-refractivity contribution in [3.8, 4) is 11.8 Å². The van der Waals surface area contributed by atoms with Crippen LogP contribution in [-0.4, -0.2) is 44.1 Å². The van der Waals surface area contributed by atoms with Crippen molar-refractivity contribution in [2.45, 2.75) is 20.3 Å². The van der Waals surface area contributed by atoms with Crippen molar-refractivity contribution in [1.29, 1.82) is 5.26 Å². The lowest BCUT2D eigenvalue weighted by atomic mass is 10.1. The van der Waals surface area contributed by atoms with Crippen LogP contribution >= 0.6 is 0 Å². The standard InChI is InChI=1S/C22H26FN3O2/c1-17-9-10-19(15-18(17)2)26(12-6-11-24)22(27)16-25(3)13-14-28-21-8-5-4-7-20(21)23/h4-5,7-10,15H,6,12-14,16H2,1-3H3. The van der Waals surface area contributed by atoms with Gasteiger partial charge in [-0.25, -0.2) is 4.39 Å². The Hall–Kier alpha value is -2.91. The number of nitriles is 1. The number of hydrogen-bond donors (Lipinski definition) is 0. The molecule has 0 fully saturated rings. The summed E-state index contributed by atoms with van der Waals surface area (Å²) in [6.07, 6.45) is 0.263. The van der Waals surface area contributed by atoms with E-state index in [4.69, 9.17) is 10.00 Å². The number of carbonyl (C=O) groups excluding carboxylic acids is 1. The fourth-order valence-electron chi connectivity index (χ4n) is 2.72. The first-order valence-corrected chi connectivity index (χ1v) is 9.23. The summed E-state index contributed by atoms with van der Waals surface area (Å²) in [5.41, 5.74) is 3.04. The van der Waals surface area contributed by atoms with Crippen molar-refractivity contribution >= 4 is 11.6 Å². The average molecular weight is 383 g/mol. The Kier molecular flexibility index (Phi) is 7.97. The fourth-order valence-corrected chi connectivity index (χ4v) is 2.72. The molecule has 0 atom stereocenters. The van der Waals surface area contributed by atoms with E-state index in [2.05, 4.69) is 6.07 Å². The van der Waals surface area contributed by atoms with Crippen LogP contribution in [0.5, 0.6) is 5.75 Å². The third-order valence-electron chi connectivity index (χ3n) is 4.52. The van der Waals surface area contributed by atoms with Crippen LogP contribution in [0.3, 0.4) is 0 Å². The molecule has 2 aromatic rings. The van der Waals surface area contributed by atoms with Crippen molar-refractivity contribution in [1.82, 2.24) is 4.90 Å². The molecule has 1 amide bonds. The molecule has 0 heterocycles. The fraction of sp³-hybridized carbons (Fsp3) is 0.364. The Morgan fingerprint density at radius 2 is 1.89 bits per heavy atom. The highest BCUT2D eigenvalue weighted by molar-refractivity contribution is 5.94. The minimum atomic E-state index is -0.404. The molecular formula is C22H26FN3O2. The van der Waals surface area contributed by atoms with Crippen LogP contribution in [0.4, 0.5) is 10.1 Å². The third-order valence-corrected chi connectivity index (χ3v) is 4.52. The molecule has 0 aromatic heterocycles. The van der Waals surface area contributed by atoms with E-state index >= 15 is 0 Å². The lowest BCUT2D eigenvalue weighted by molar-refractivity contribution is -0.119. The maximum absolute atomic E-state index is 13.6. The first-order valence-electron chi connectivity index (χ1n) is 9.23. The zero-order chi connectivity index (χ0) is 20.5. The summed E-state index contributed by atoms with van der Waals surface area (Å²) >= 11 is 0. The quantitative estimate of drug-likeness (QED) is 0.663. The molecule has 0 saturated heterocycles. The van der Waals surface area contributed by atoms with Crippen molar-refractivity contribution < 1.29 is 13.9 Å². The van der Waals surface area contributed by atoms with Gasteiger partial charge in [0.15, 0.2) is 11.6 Å². The average Bonchev–Trinajstić information content (AvgIpc) is 2.66. The highest BCUT2D eigenvalue weighted by Crippen LogP contribution is 2.20. The number of aryl methyl sites for hydroxylation is 2. The number of likely N-dealkylation sites (N-methyl/N-ethyl adjacent to an activating group) is 1. The molecule has 148 valence electrons. The summed E-state index contributed by atoms with van der Waals surface area (Å²) < 4.78 is 19.0. The van der Waals surface area contributed by atoms with Crippen molar-refractivity contribution in [2.75, 3.05) is 38.2 Å². The minimum absolute atomic E-state index is 0.0908. The van der Waals surface area contributed by atoms with E-state index in [0.29, 0.717) is 13.1 Å². The molecule has 5 nitrogen and oxygen atoms in total. The van der Waals surface area contributed by atoms with Crippen LogP contribution in [0.25, 0.3) is 0 Å². The number of benzene rings is 2. The number of halogens is 1. The minimum Gasteiger partial charge on any atom is -0.489 e. The molecule has 0 saturated carbocycles. The third kappa shape index (κ3) is 6.07. The van der Waals surface area contributed by atoms with Gasteiger partial charge in [-0.3, -0.25) is 9.69 Å². The predicted octanol–water partition coefficient (Wildman–Crippen LogP) is 3.70. The predicted molar refractivity (Wildman–Crippen MR) is 108 cm³/mol. The molecule has 0 aliphatic carbocycles. The second-order valence-electron chi connectivity index (χ2n) is 6.74. The second kappa shape index (κ2) is 10.4. The van der Waals surface area contributed by atoms with Gasteiger partial charge in [0.25, 0.3) is 0 Å². The monoisotopic (exact) mass is 383 g/mol. The smallest absolute Gasteiger partial charge is 0.241 e. The van der Waals surface area contributed by atoms with E-state index in [0.717, 1.165) is 16.8 Å². The van der Waals surface area contributed by atoms with Crippen LogP contribution in [0.1, 0.15) is 17.5 Å². The lowest BCUT2D eigenvalue weighted by Crippen LogP contribution is -2.40. The van der Waals surface area contributed by atoms with Crippen molar-refractivity contribution in [2.24, 2.45) is 0 Å². The van der Waals surface area contributed by atoms with Gasteiger partial charge in [0.05, 0.1) is 19.0 Å². The summed E-state index contributed by atoms with van der Waals surface area (Å²) in [7, 11) is 1.81. The number of rotatable bonds is 9. The molecule has 28 heavy (non-hydrogen) atoms. The van der Waals surface area contributed by atoms with Gasteiger partial charge in [0.2, 0.25) is 5.91 Å². The van der Waals surface area contributed by atoms with Crippen molar-refractivity contribution in [3.05, 3.63) is 59.4 Å². The molecule has 0 spiro atoms. The highest BCUT2D eigenvalue weighted by Gasteiger charge is 2.18. The number of hydrogen-bond acceptors (Lipinski definition) is 4. The summed E-state index contributed by atoms with van der Waals surface area (Å²) in [5, 5.41) is 8.93. The first-order chi connectivity index (χ1) is 13.4. The van der Waals surface area contributed by atoms with Gasteiger partial charge in [-0.15, -0.1) is 0 Å². The van der Waals surface area contributed by atoms with E-state index in [1.54, 1.807) is 23.1 Å². The molecule has 2 aromatic carbocycles. The maximum atomic E-state index is 13.6. The van der Waals surface area contributed by atoms with Crippen LogP contribution in [0.15, 0.2) is 42.5 Å². The second-order valence-corrected chi connectivity index (χ2v) is 6.74. The molecule has 0 aliphatic heterocycles. The molecule has 0 N–H and O–H groups in total. The zero-order valence-corrected chi connectivity index (χ0v) is 16.6. The van der Waals surface area contributed by atoms with Gasteiger partial charge in [0, 0.05) is 18.8 Å². The van der Waals surface area contributed by atoms with Gasteiger partial charge < -0.3 is 9.64 Å². The summed E-state index contributed by atoms with van der Waals surface area (Å²) in [4.78, 5) is 16.3. The Bertz CT molecular complexity index is 848. The largest absolute Gasteiger partial charge is 0.489 e. The number of anilines is 1. The number of amides is 1. The Morgan fingerprint density at radius 1 is 1.14 bits per heavy atom. The number of nitrogens with zero attached hydrogens (tertiary/aromatic N) is 3. The molecule has 0 bridgehead atoms.